The summed E-state index contributed by atoms with van der Waals surface area (Å²) in [7, 11) is 0. The van der Waals surface area contributed by atoms with Gasteiger partial charge in [-0.05, 0) is 24.6 Å². The molecule has 1 aromatic carbocycles. The van der Waals surface area contributed by atoms with E-state index in [-0.39, 0.29) is 0 Å². The van der Waals surface area contributed by atoms with Gasteiger partial charge >= 0.3 is 0 Å². The Balaban J connectivity index is 2.15. The molecule has 0 aliphatic heterocycles. The molecule has 2 aromatic rings. The van der Waals surface area contributed by atoms with Crippen LogP contribution in [0.5, 0.6) is 0 Å². The Morgan fingerprint density at radius 2 is 1.89 bits per heavy atom. The largest absolute Gasteiger partial charge is 0.241 e. The molecule has 3 heteroatoms. The molecule has 0 unspecified atom stereocenters. The van der Waals surface area contributed by atoms with E-state index in [2.05, 4.69) is 23.0 Å². The minimum Gasteiger partial charge on any atom is -0.241 e. The maximum atomic E-state index is 8.79. The monoisotopic (exact) mass is 251 g/mol. The Bertz CT molecular complexity index is 567. The Morgan fingerprint density at radius 1 is 1.11 bits per heavy atom. The second-order valence-corrected chi connectivity index (χ2v) is 4.50. The zero-order valence-electron chi connectivity index (χ0n) is 11.1. The van der Waals surface area contributed by atoms with Gasteiger partial charge in [0.25, 0.3) is 0 Å². The third kappa shape index (κ3) is 3.62. The standard InChI is InChI=1S/C16H17N3/c1-2-3-4-5-16-18-11-10-15(19-16)14-8-6-13(12-17)7-9-14/h6-11H,2-5H2,1H3. The Labute approximate surface area is 114 Å². The fourth-order valence-corrected chi connectivity index (χ4v) is 1.93. The van der Waals surface area contributed by atoms with E-state index in [0.29, 0.717) is 5.56 Å². The predicted octanol–water partition coefficient (Wildman–Crippen LogP) is 3.75. The summed E-state index contributed by atoms with van der Waals surface area (Å²) in [6.45, 7) is 2.19. The summed E-state index contributed by atoms with van der Waals surface area (Å²) in [5.41, 5.74) is 2.62. The molecule has 0 bridgehead atoms. The summed E-state index contributed by atoms with van der Waals surface area (Å²) < 4.78 is 0. The molecule has 0 aliphatic rings. The van der Waals surface area contributed by atoms with Crippen molar-refractivity contribution < 1.29 is 0 Å². The van der Waals surface area contributed by atoms with Gasteiger partial charge in [0, 0.05) is 18.2 Å². The lowest BCUT2D eigenvalue weighted by Gasteiger charge is -2.04. The molecule has 0 saturated heterocycles. The highest BCUT2D eigenvalue weighted by Gasteiger charge is 2.02. The topological polar surface area (TPSA) is 49.6 Å². The van der Waals surface area contributed by atoms with Gasteiger partial charge in [-0.3, -0.25) is 0 Å². The van der Waals surface area contributed by atoms with E-state index >= 15 is 0 Å². The normalized spacial score (nSPS) is 10.1. The van der Waals surface area contributed by atoms with E-state index in [1.807, 2.05) is 36.5 Å². The molecule has 1 heterocycles. The predicted molar refractivity (Wildman–Crippen MR) is 75.4 cm³/mol. The number of unbranched alkanes of at least 4 members (excludes halogenated alkanes) is 2. The van der Waals surface area contributed by atoms with Gasteiger partial charge in [-0.15, -0.1) is 0 Å². The van der Waals surface area contributed by atoms with Crippen molar-refractivity contribution in [2.75, 3.05) is 0 Å². The van der Waals surface area contributed by atoms with Crippen molar-refractivity contribution in [3.8, 4) is 17.3 Å². The quantitative estimate of drug-likeness (QED) is 0.760. The Morgan fingerprint density at radius 3 is 2.58 bits per heavy atom. The number of nitrogens with zero attached hydrogens (tertiary/aromatic N) is 3. The molecule has 0 saturated carbocycles. The molecule has 1 aromatic heterocycles. The Kier molecular flexibility index (Phi) is 4.63. The van der Waals surface area contributed by atoms with Crippen molar-refractivity contribution in [3.05, 3.63) is 47.9 Å². The molecule has 2 rings (SSSR count). The van der Waals surface area contributed by atoms with Crippen LogP contribution in [-0.2, 0) is 6.42 Å². The van der Waals surface area contributed by atoms with E-state index in [1.165, 1.54) is 12.8 Å². The number of benzene rings is 1. The highest BCUT2D eigenvalue weighted by molar-refractivity contribution is 5.59. The number of hydrogen-bond acceptors (Lipinski definition) is 3. The van der Waals surface area contributed by atoms with Crippen LogP contribution >= 0.6 is 0 Å². The number of hydrogen-bond donors (Lipinski definition) is 0. The van der Waals surface area contributed by atoms with Crippen LogP contribution in [0.25, 0.3) is 11.3 Å². The highest BCUT2D eigenvalue weighted by atomic mass is 14.9. The maximum absolute atomic E-state index is 8.79. The lowest BCUT2D eigenvalue weighted by Crippen LogP contribution is -1.96. The van der Waals surface area contributed by atoms with Gasteiger partial charge in [0.1, 0.15) is 5.82 Å². The van der Waals surface area contributed by atoms with Crippen LogP contribution in [-0.4, -0.2) is 9.97 Å². The van der Waals surface area contributed by atoms with Gasteiger partial charge in [-0.25, -0.2) is 9.97 Å². The number of aryl methyl sites for hydroxylation is 1. The average molecular weight is 251 g/mol. The molecule has 3 nitrogen and oxygen atoms in total. The molecule has 0 aliphatic carbocycles. The zero-order valence-corrected chi connectivity index (χ0v) is 11.1. The molecule has 0 atom stereocenters. The first-order chi connectivity index (χ1) is 9.33. The van der Waals surface area contributed by atoms with Gasteiger partial charge in [0.2, 0.25) is 0 Å². The Hall–Kier alpha value is -2.21. The van der Waals surface area contributed by atoms with E-state index in [4.69, 9.17) is 5.26 Å². The van der Waals surface area contributed by atoms with Crippen LogP contribution in [0.1, 0.15) is 37.6 Å². The van der Waals surface area contributed by atoms with Crippen molar-refractivity contribution in [1.29, 1.82) is 5.26 Å². The van der Waals surface area contributed by atoms with Gasteiger partial charge in [-0.1, -0.05) is 31.9 Å². The third-order valence-electron chi connectivity index (χ3n) is 3.02. The molecule has 0 amide bonds. The third-order valence-corrected chi connectivity index (χ3v) is 3.02. The van der Waals surface area contributed by atoms with Gasteiger partial charge in [-0.2, -0.15) is 5.26 Å². The van der Waals surface area contributed by atoms with Crippen LogP contribution in [0.4, 0.5) is 0 Å². The SMILES string of the molecule is CCCCCc1nccc(-c2ccc(C#N)cc2)n1. The van der Waals surface area contributed by atoms with Crippen LogP contribution in [0.3, 0.4) is 0 Å². The minimum absolute atomic E-state index is 0.668. The van der Waals surface area contributed by atoms with E-state index in [0.717, 1.165) is 29.9 Å². The number of aromatic nitrogens is 2. The molecule has 96 valence electrons. The van der Waals surface area contributed by atoms with Crippen molar-refractivity contribution in [2.24, 2.45) is 0 Å². The molecule has 0 radical (unpaired) electrons. The molecule has 0 fully saturated rings. The first-order valence-electron chi connectivity index (χ1n) is 6.66. The van der Waals surface area contributed by atoms with E-state index < -0.39 is 0 Å². The molecule has 0 N–H and O–H groups in total. The van der Waals surface area contributed by atoms with E-state index in [9.17, 15) is 0 Å². The fourth-order valence-electron chi connectivity index (χ4n) is 1.93. The van der Waals surface area contributed by atoms with Crippen LogP contribution in [0.15, 0.2) is 36.5 Å². The fraction of sp³-hybridized carbons (Fsp3) is 0.312. The second kappa shape index (κ2) is 6.65. The van der Waals surface area contributed by atoms with Crippen LogP contribution in [0, 0.1) is 11.3 Å². The summed E-state index contributed by atoms with van der Waals surface area (Å²) in [6, 6.07) is 11.5. The van der Waals surface area contributed by atoms with E-state index in [1.54, 1.807) is 0 Å². The lowest BCUT2D eigenvalue weighted by molar-refractivity contribution is 0.694. The summed E-state index contributed by atoms with van der Waals surface area (Å²) in [5.74, 6) is 0.898. The van der Waals surface area contributed by atoms with Crippen LogP contribution in [0.2, 0.25) is 0 Å². The van der Waals surface area contributed by atoms with Crippen molar-refractivity contribution in [2.45, 2.75) is 32.6 Å². The zero-order chi connectivity index (χ0) is 13.5. The van der Waals surface area contributed by atoms with Gasteiger partial charge in [0.15, 0.2) is 0 Å². The lowest BCUT2D eigenvalue weighted by atomic mass is 10.1. The summed E-state index contributed by atoms with van der Waals surface area (Å²) in [5, 5.41) is 8.79. The molecule has 19 heavy (non-hydrogen) atoms. The summed E-state index contributed by atoms with van der Waals surface area (Å²) in [6.07, 6.45) is 6.28. The smallest absolute Gasteiger partial charge is 0.128 e. The van der Waals surface area contributed by atoms with Crippen molar-refractivity contribution >= 4 is 0 Å². The molecular weight excluding hydrogens is 234 g/mol. The molecular formula is C16H17N3. The van der Waals surface area contributed by atoms with Crippen LogP contribution < -0.4 is 0 Å². The van der Waals surface area contributed by atoms with Crippen molar-refractivity contribution in [3.63, 3.8) is 0 Å². The maximum Gasteiger partial charge on any atom is 0.128 e. The number of rotatable bonds is 5. The average Bonchev–Trinajstić information content (AvgIpc) is 2.48. The summed E-state index contributed by atoms with van der Waals surface area (Å²) in [4.78, 5) is 8.88. The first-order valence-corrected chi connectivity index (χ1v) is 6.66. The molecule has 0 spiro atoms. The summed E-state index contributed by atoms with van der Waals surface area (Å²) >= 11 is 0. The minimum atomic E-state index is 0.668. The number of nitriles is 1. The highest BCUT2D eigenvalue weighted by Crippen LogP contribution is 2.17. The second-order valence-electron chi connectivity index (χ2n) is 4.50. The van der Waals surface area contributed by atoms with Crippen molar-refractivity contribution in [1.82, 2.24) is 9.97 Å². The first kappa shape index (κ1) is 13.2. The van der Waals surface area contributed by atoms with Gasteiger partial charge in [0.05, 0.1) is 17.3 Å². The van der Waals surface area contributed by atoms with Gasteiger partial charge < -0.3 is 0 Å².